The normalized spacial score (nSPS) is 16.6. The van der Waals surface area contributed by atoms with E-state index < -0.39 is 5.41 Å². The number of pyridine rings is 2. The zero-order valence-electron chi connectivity index (χ0n) is 21.5. The van der Waals surface area contributed by atoms with Gasteiger partial charge in [0, 0.05) is 30.5 Å². The van der Waals surface area contributed by atoms with Gasteiger partial charge in [-0.1, -0.05) is 6.07 Å². The van der Waals surface area contributed by atoms with Crippen LogP contribution in [0.1, 0.15) is 34.1 Å². The summed E-state index contributed by atoms with van der Waals surface area (Å²) in [5.41, 5.74) is 4.38. The molecule has 1 aliphatic heterocycles. The fourth-order valence-corrected chi connectivity index (χ4v) is 4.50. The van der Waals surface area contributed by atoms with Crippen molar-refractivity contribution in [2.24, 2.45) is 0 Å². The highest BCUT2D eigenvalue weighted by Crippen LogP contribution is 2.33. The van der Waals surface area contributed by atoms with Gasteiger partial charge >= 0.3 is 0 Å². The third-order valence-corrected chi connectivity index (χ3v) is 6.64. The van der Waals surface area contributed by atoms with E-state index in [1.54, 1.807) is 37.2 Å². The third kappa shape index (κ3) is 4.94. The maximum Gasteiger partial charge on any atom is 0.251 e. The zero-order chi connectivity index (χ0) is 26.7. The Kier molecular flexibility index (Phi) is 7.05. The van der Waals surface area contributed by atoms with Crippen molar-refractivity contribution in [3.8, 4) is 23.2 Å². The number of hydrogen-bond acceptors (Lipinski definition) is 8. The first-order valence-corrected chi connectivity index (χ1v) is 12.2. The number of carbonyl (C=O) groups is 1. The number of nitrogens with zero attached hydrogens (tertiary/aromatic N) is 5. The number of ether oxygens (including phenoxy) is 3. The van der Waals surface area contributed by atoms with E-state index in [4.69, 9.17) is 19.2 Å². The fraction of sp³-hybridized carbons (Fsp3) is 0.321. The summed E-state index contributed by atoms with van der Waals surface area (Å²) >= 11 is 0. The molecular formula is C28H28N6O4. The monoisotopic (exact) mass is 512 g/mol. The highest BCUT2D eigenvalue weighted by molar-refractivity contribution is 5.94. The molecular weight excluding hydrogens is 484 g/mol. The first-order chi connectivity index (χ1) is 18.4. The predicted octanol–water partition coefficient (Wildman–Crippen LogP) is 3.39. The Labute approximate surface area is 220 Å². The van der Waals surface area contributed by atoms with Gasteiger partial charge in [0.1, 0.15) is 5.41 Å². The molecule has 10 nitrogen and oxygen atoms in total. The summed E-state index contributed by atoms with van der Waals surface area (Å²) in [5.74, 6) is 0.245. The second-order valence-corrected chi connectivity index (χ2v) is 9.36. The number of amides is 1. The molecule has 0 saturated heterocycles. The lowest BCUT2D eigenvalue weighted by Crippen LogP contribution is -2.33. The molecule has 4 aromatic rings. The summed E-state index contributed by atoms with van der Waals surface area (Å²) in [7, 11) is 3.22. The molecule has 194 valence electrons. The molecule has 0 bridgehead atoms. The lowest BCUT2D eigenvalue weighted by Gasteiger charge is -2.30. The summed E-state index contributed by atoms with van der Waals surface area (Å²) in [6.07, 6.45) is 3.63. The van der Waals surface area contributed by atoms with Crippen LogP contribution in [0.15, 0.2) is 48.8 Å². The van der Waals surface area contributed by atoms with Crippen molar-refractivity contribution in [3.05, 3.63) is 71.2 Å². The first-order valence-electron chi connectivity index (χ1n) is 12.2. The van der Waals surface area contributed by atoms with Crippen LogP contribution in [0.25, 0.3) is 22.2 Å². The van der Waals surface area contributed by atoms with Crippen LogP contribution in [0.4, 0.5) is 0 Å². The number of hydrogen-bond donors (Lipinski definition) is 1. The van der Waals surface area contributed by atoms with Crippen LogP contribution in [0.3, 0.4) is 0 Å². The Bertz CT molecular complexity index is 1540. The summed E-state index contributed by atoms with van der Waals surface area (Å²) in [5, 5.41) is 17.9. The number of rotatable bonds is 8. The summed E-state index contributed by atoms with van der Waals surface area (Å²) in [6.45, 7) is 3.93. The Morgan fingerprint density at radius 2 is 2.13 bits per heavy atom. The zero-order valence-corrected chi connectivity index (χ0v) is 21.5. The first kappa shape index (κ1) is 25.3. The van der Waals surface area contributed by atoms with Gasteiger partial charge in [0.2, 0.25) is 5.88 Å². The van der Waals surface area contributed by atoms with Gasteiger partial charge in [-0.25, -0.2) is 4.98 Å². The van der Waals surface area contributed by atoms with Crippen LogP contribution in [-0.2, 0) is 34.6 Å². The van der Waals surface area contributed by atoms with Crippen LogP contribution in [-0.4, -0.2) is 53.1 Å². The summed E-state index contributed by atoms with van der Waals surface area (Å²) in [4.78, 5) is 22.2. The minimum atomic E-state index is -0.782. The van der Waals surface area contributed by atoms with Gasteiger partial charge in [-0.15, -0.1) is 5.10 Å². The number of nitrogens with one attached hydrogen (secondary N) is 1. The summed E-state index contributed by atoms with van der Waals surface area (Å²) < 4.78 is 17.9. The Morgan fingerprint density at radius 1 is 1.26 bits per heavy atom. The van der Waals surface area contributed by atoms with Gasteiger partial charge < -0.3 is 19.5 Å². The predicted molar refractivity (Wildman–Crippen MR) is 139 cm³/mol. The highest BCUT2D eigenvalue weighted by atomic mass is 16.5. The van der Waals surface area contributed by atoms with Crippen LogP contribution < -0.4 is 10.1 Å². The third-order valence-electron chi connectivity index (χ3n) is 6.64. The molecule has 1 aromatic carbocycles. The number of methoxy groups -OCH3 is 2. The van der Waals surface area contributed by atoms with Crippen molar-refractivity contribution in [2.45, 2.75) is 32.0 Å². The average Bonchev–Trinajstić information content (AvgIpc) is 3.37. The molecule has 10 heteroatoms. The quantitative estimate of drug-likeness (QED) is 0.381. The second-order valence-electron chi connectivity index (χ2n) is 9.36. The van der Waals surface area contributed by atoms with E-state index in [0.717, 1.165) is 33.3 Å². The van der Waals surface area contributed by atoms with E-state index >= 15 is 0 Å². The van der Waals surface area contributed by atoms with Gasteiger partial charge in [0.05, 0.1) is 68.6 Å². The van der Waals surface area contributed by atoms with E-state index in [9.17, 15) is 10.1 Å². The number of nitriles is 1. The molecule has 5 rings (SSSR count). The second kappa shape index (κ2) is 10.6. The van der Waals surface area contributed by atoms with Crippen molar-refractivity contribution in [2.75, 3.05) is 27.4 Å². The molecule has 0 fully saturated rings. The van der Waals surface area contributed by atoms with Crippen molar-refractivity contribution in [3.63, 3.8) is 0 Å². The molecule has 0 saturated carbocycles. The van der Waals surface area contributed by atoms with Crippen molar-refractivity contribution in [1.29, 1.82) is 5.26 Å². The maximum atomic E-state index is 13.0. The maximum absolute atomic E-state index is 13.0. The largest absolute Gasteiger partial charge is 0.479 e. The molecule has 3 aromatic heterocycles. The minimum absolute atomic E-state index is 0.231. The van der Waals surface area contributed by atoms with E-state index in [-0.39, 0.29) is 12.5 Å². The topological polar surface area (TPSA) is 124 Å². The molecule has 1 aliphatic rings. The van der Waals surface area contributed by atoms with Crippen LogP contribution in [0, 0.1) is 11.3 Å². The van der Waals surface area contributed by atoms with E-state index in [2.05, 4.69) is 21.5 Å². The van der Waals surface area contributed by atoms with E-state index in [1.807, 2.05) is 37.4 Å². The molecule has 38 heavy (non-hydrogen) atoms. The van der Waals surface area contributed by atoms with E-state index in [1.165, 1.54) is 0 Å². The van der Waals surface area contributed by atoms with Gasteiger partial charge in [-0.2, -0.15) is 5.26 Å². The van der Waals surface area contributed by atoms with Gasteiger partial charge in [-0.3, -0.25) is 14.5 Å². The Hall–Kier alpha value is -4.33. The minimum Gasteiger partial charge on any atom is -0.479 e. The average molecular weight is 513 g/mol. The fourth-order valence-electron chi connectivity index (χ4n) is 4.50. The number of benzene rings is 1. The lowest BCUT2D eigenvalue weighted by molar-refractivity contribution is 0.0757. The Balaban J connectivity index is 1.34. The Morgan fingerprint density at radius 3 is 2.92 bits per heavy atom. The van der Waals surface area contributed by atoms with Crippen LogP contribution in [0.5, 0.6) is 5.88 Å². The standard InChI is InChI=1S/C28H28N6O4/c1-28(16-29)17-38-15-20-5-4-18(10-23(20)28)26(35)31-13-21-11-25-19(12-30-21)6-7-24(32-25)22-14-34(8-9-36-2)33-27(22)37-3/h4-7,10-12,14H,8-9,13,15,17H2,1-3H3,(H,31,35)/t28-/m1/s1. The number of fused-ring (bicyclic) bond motifs is 2. The van der Waals surface area contributed by atoms with Gasteiger partial charge in [0.15, 0.2) is 0 Å². The lowest BCUT2D eigenvalue weighted by atomic mass is 9.79. The van der Waals surface area contributed by atoms with Crippen LogP contribution >= 0.6 is 0 Å². The number of aromatic nitrogens is 4. The summed E-state index contributed by atoms with van der Waals surface area (Å²) in [6, 6.07) is 13.4. The molecule has 1 atom stereocenters. The van der Waals surface area contributed by atoms with Crippen molar-refractivity contribution >= 4 is 16.8 Å². The SMILES string of the molecule is COCCn1cc(-c2ccc3cnc(CNC(=O)c4ccc5c(c4)[C@](C)(C#N)COC5)cc3n2)c(OC)n1. The van der Waals surface area contributed by atoms with E-state index in [0.29, 0.717) is 43.5 Å². The highest BCUT2D eigenvalue weighted by Gasteiger charge is 2.33. The van der Waals surface area contributed by atoms with Crippen molar-refractivity contribution in [1.82, 2.24) is 25.1 Å². The molecule has 4 heterocycles. The molecule has 1 amide bonds. The smallest absolute Gasteiger partial charge is 0.251 e. The molecule has 0 aliphatic carbocycles. The molecule has 1 N–H and O–H groups in total. The number of carbonyl (C=O) groups excluding carboxylic acids is 1. The van der Waals surface area contributed by atoms with Gasteiger partial charge in [-0.05, 0) is 48.4 Å². The van der Waals surface area contributed by atoms with Gasteiger partial charge in [0.25, 0.3) is 5.91 Å². The molecule has 0 spiro atoms. The van der Waals surface area contributed by atoms with Crippen LogP contribution in [0.2, 0.25) is 0 Å². The van der Waals surface area contributed by atoms with Crippen molar-refractivity contribution < 1.29 is 19.0 Å². The molecule has 0 radical (unpaired) electrons. The molecule has 0 unspecified atom stereocenters.